The number of hydrogen-bond acceptors (Lipinski definition) is 3. The van der Waals surface area contributed by atoms with Gasteiger partial charge in [-0.25, -0.2) is 0 Å². The molecular formula is C43H24N2OS. The lowest BCUT2D eigenvalue weighted by atomic mass is 9.94. The molecule has 0 saturated heterocycles. The minimum atomic E-state index is 0.653. The molecule has 0 saturated carbocycles. The van der Waals surface area contributed by atoms with Crippen molar-refractivity contribution in [1.82, 2.24) is 4.57 Å². The molecule has 0 amide bonds. The van der Waals surface area contributed by atoms with Gasteiger partial charge in [-0.2, -0.15) is 5.26 Å². The number of aromatic nitrogens is 1. The molecule has 0 aliphatic rings. The Morgan fingerprint density at radius 2 is 1.23 bits per heavy atom. The molecule has 0 bridgehead atoms. The van der Waals surface area contributed by atoms with Crippen LogP contribution in [0.2, 0.25) is 0 Å². The van der Waals surface area contributed by atoms with Crippen LogP contribution in [-0.4, -0.2) is 4.57 Å². The quantitative estimate of drug-likeness (QED) is 0.198. The summed E-state index contributed by atoms with van der Waals surface area (Å²) in [6.45, 7) is 0. The minimum absolute atomic E-state index is 0.653. The Kier molecular flexibility index (Phi) is 5.51. The molecule has 0 fully saturated rings. The number of fused-ring (bicyclic) bond motifs is 9. The Hall–Kier alpha value is -6.15. The number of rotatable bonds is 3. The number of benzene rings is 7. The molecule has 218 valence electrons. The second kappa shape index (κ2) is 9.92. The number of hydrogen-bond donors (Lipinski definition) is 0. The SMILES string of the molecule is N#Cc1ccc2c3ccccc3n(-c3cccc4c3sc3c(-c5ccccc5)ccc(-c5ccc6c(c5)oc5ccccc56)c34)c2c1. The molecule has 0 atom stereocenters. The largest absolute Gasteiger partial charge is 0.456 e. The van der Waals surface area contributed by atoms with Crippen molar-refractivity contribution >= 4 is 75.3 Å². The van der Waals surface area contributed by atoms with E-state index in [1.54, 1.807) is 0 Å². The van der Waals surface area contributed by atoms with Crippen LogP contribution in [0.3, 0.4) is 0 Å². The lowest BCUT2D eigenvalue weighted by Gasteiger charge is -2.10. The highest BCUT2D eigenvalue weighted by Gasteiger charge is 2.21. The fourth-order valence-electron chi connectivity index (χ4n) is 7.34. The predicted octanol–water partition coefficient (Wildman–Crippen LogP) is 12.3. The van der Waals surface area contributed by atoms with E-state index in [2.05, 4.69) is 132 Å². The first-order valence-corrected chi connectivity index (χ1v) is 16.5. The van der Waals surface area contributed by atoms with E-state index in [0.29, 0.717) is 5.56 Å². The molecule has 0 spiro atoms. The number of furan rings is 1. The zero-order valence-electron chi connectivity index (χ0n) is 25.1. The normalized spacial score (nSPS) is 11.8. The maximum absolute atomic E-state index is 9.82. The van der Waals surface area contributed by atoms with E-state index in [-0.39, 0.29) is 0 Å². The molecule has 3 nitrogen and oxygen atoms in total. The van der Waals surface area contributed by atoms with Crippen LogP contribution in [0.25, 0.3) is 91.9 Å². The zero-order chi connectivity index (χ0) is 31.1. The summed E-state index contributed by atoms with van der Waals surface area (Å²) in [4.78, 5) is 0. The Balaban J connectivity index is 1.31. The summed E-state index contributed by atoms with van der Waals surface area (Å²) in [7, 11) is 0. The van der Waals surface area contributed by atoms with Gasteiger partial charge in [0.25, 0.3) is 0 Å². The highest BCUT2D eigenvalue weighted by atomic mass is 32.1. The number of thiophene rings is 1. The van der Waals surface area contributed by atoms with Gasteiger partial charge in [-0.15, -0.1) is 11.3 Å². The van der Waals surface area contributed by atoms with E-state index < -0.39 is 0 Å². The maximum atomic E-state index is 9.82. The topological polar surface area (TPSA) is 41.9 Å². The summed E-state index contributed by atoms with van der Waals surface area (Å²) in [5, 5.41) is 16.8. The van der Waals surface area contributed by atoms with Crippen LogP contribution in [0.4, 0.5) is 0 Å². The van der Waals surface area contributed by atoms with Crippen LogP contribution in [0.15, 0.2) is 150 Å². The molecule has 47 heavy (non-hydrogen) atoms. The lowest BCUT2D eigenvalue weighted by Crippen LogP contribution is -1.94. The summed E-state index contributed by atoms with van der Waals surface area (Å²) in [5.41, 5.74) is 10.4. The van der Waals surface area contributed by atoms with Crippen LogP contribution in [0.1, 0.15) is 5.56 Å². The van der Waals surface area contributed by atoms with E-state index in [0.717, 1.165) is 49.6 Å². The van der Waals surface area contributed by atoms with Crippen molar-refractivity contribution < 1.29 is 4.42 Å². The molecular weight excluding hydrogens is 593 g/mol. The molecule has 3 aromatic heterocycles. The minimum Gasteiger partial charge on any atom is -0.456 e. The molecule has 10 rings (SSSR count). The van der Waals surface area contributed by atoms with Gasteiger partial charge in [0.15, 0.2) is 0 Å². The van der Waals surface area contributed by atoms with Crippen molar-refractivity contribution in [2.75, 3.05) is 0 Å². The Labute approximate surface area is 273 Å². The average molecular weight is 617 g/mol. The van der Waals surface area contributed by atoms with Gasteiger partial charge in [-0.05, 0) is 64.7 Å². The van der Waals surface area contributed by atoms with E-state index in [9.17, 15) is 5.26 Å². The number of nitrogens with zero attached hydrogens (tertiary/aromatic N) is 2. The molecule has 0 aliphatic carbocycles. The third kappa shape index (κ3) is 3.78. The predicted molar refractivity (Wildman–Crippen MR) is 197 cm³/mol. The molecule has 3 heterocycles. The fraction of sp³-hybridized carbons (Fsp3) is 0. The summed E-state index contributed by atoms with van der Waals surface area (Å²) in [5.74, 6) is 0. The van der Waals surface area contributed by atoms with E-state index in [1.165, 1.54) is 42.2 Å². The molecule has 0 aliphatic heterocycles. The van der Waals surface area contributed by atoms with Crippen molar-refractivity contribution in [2.45, 2.75) is 0 Å². The summed E-state index contributed by atoms with van der Waals surface area (Å²) < 4.78 is 11.1. The molecule has 4 heteroatoms. The standard InChI is InChI=1S/C43H24N2OS/c44-25-26-17-19-32-31-11-4-6-14-36(31)45(38(32)23-26)37-15-8-13-35-41-29(21-22-30(43(41)47-42(35)37)27-9-2-1-3-10-27)28-18-20-34-33-12-5-7-16-39(33)46-40(34)24-28/h1-24H. The fourth-order valence-corrected chi connectivity index (χ4v) is 8.71. The van der Waals surface area contributed by atoms with Gasteiger partial charge in [-0.1, -0.05) is 103 Å². The highest BCUT2D eigenvalue weighted by molar-refractivity contribution is 7.27. The zero-order valence-corrected chi connectivity index (χ0v) is 25.9. The number of nitriles is 1. The first kappa shape index (κ1) is 26.1. The van der Waals surface area contributed by atoms with Gasteiger partial charge in [0, 0.05) is 37.0 Å². The van der Waals surface area contributed by atoms with Crippen LogP contribution < -0.4 is 0 Å². The van der Waals surface area contributed by atoms with Gasteiger partial charge < -0.3 is 8.98 Å². The van der Waals surface area contributed by atoms with E-state index in [4.69, 9.17) is 4.42 Å². The van der Waals surface area contributed by atoms with Crippen molar-refractivity contribution in [1.29, 1.82) is 5.26 Å². The van der Waals surface area contributed by atoms with Crippen molar-refractivity contribution in [3.05, 3.63) is 151 Å². The van der Waals surface area contributed by atoms with Gasteiger partial charge in [0.05, 0.1) is 33.1 Å². The molecule has 0 N–H and O–H groups in total. The van der Waals surface area contributed by atoms with Crippen LogP contribution in [0.5, 0.6) is 0 Å². The van der Waals surface area contributed by atoms with Crippen molar-refractivity contribution in [3.8, 4) is 34.0 Å². The monoisotopic (exact) mass is 616 g/mol. The Morgan fingerprint density at radius 1 is 0.511 bits per heavy atom. The molecule has 0 radical (unpaired) electrons. The van der Waals surface area contributed by atoms with E-state index in [1.807, 2.05) is 35.6 Å². The molecule has 7 aromatic carbocycles. The first-order valence-electron chi connectivity index (χ1n) is 15.7. The lowest BCUT2D eigenvalue weighted by molar-refractivity contribution is 0.669. The second-order valence-electron chi connectivity index (χ2n) is 12.0. The molecule has 0 unspecified atom stereocenters. The average Bonchev–Trinajstić information content (AvgIpc) is 3.81. The third-order valence-corrected chi connectivity index (χ3v) is 10.7. The summed E-state index contributed by atoms with van der Waals surface area (Å²) in [6, 6.07) is 53.6. The van der Waals surface area contributed by atoms with Gasteiger partial charge in [0.2, 0.25) is 0 Å². The summed E-state index contributed by atoms with van der Waals surface area (Å²) >= 11 is 1.84. The highest BCUT2D eigenvalue weighted by Crippen LogP contribution is 2.48. The Morgan fingerprint density at radius 3 is 2.13 bits per heavy atom. The smallest absolute Gasteiger partial charge is 0.136 e. The van der Waals surface area contributed by atoms with Gasteiger partial charge >= 0.3 is 0 Å². The first-order chi connectivity index (χ1) is 23.3. The Bertz CT molecular complexity index is 2920. The number of para-hydroxylation sites is 2. The van der Waals surface area contributed by atoms with Crippen molar-refractivity contribution in [3.63, 3.8) is 0 Å². The van der Waals surface area contributed by atoms with Gasteiger partial charge in [0.1, 0.15) is 11.2 Å². The van der Waals surface area contributed by atoms with Crippen LogP contribution >= 0.6 is 11.3 Å². The third-order valence-electron chi connectivity index (χ3n) is 9.44. The van der Waals surface area contributed by atoms with E-state index >= 15 is 0 Å². The summed E-state index contributed by atoms with van der Waals surface area (Å²) in [6.07, 6.45) is 0. The van der Waals surface area contributed by atoms with Crippen LogP contribution in [-0.2, 0) is 0 Å². The second-order valence-corrected chi connectivity index (χ2v) is 13.0. The molecule has 10 aromatic rings. The van der Waals surface area contributed by atoms with Crippen LogP contribution in [0, 0.1) is 11.3 Å². The van der Waals surface area contributed by atoms with Gasteiger partial charge in [-0.3, -0.25) is 0 Å². The maximum Gasteiger partial charge on any atom is 0.136 e. The van der Waals surface area contributed by atoms with Crippen molar-refractivity contribution in [2.24, 2.45) is 0 Å².